The Balaban J connectivity index is 2.37. The standard InChI is InChI=1S/C22H26BrNO3/c1-16(2)14-19(22(26)27-3)24(15-17-10-6-4-7-11-17)21(25)20(23)18-12-8-5-9-13-18/h4-13,16,19-20H,14-15H2,1-3H3/t19-,20?/m0/s1. The zero-order chi connectivity index (χ0) is 19.8. The van der Waals surface area contributed by atoms with Crippen LogP contribution in [0.15, 0.2) is 60.7 Å². The van der Waals surface area contributed by atoms with Gasteiger partial charge in [-0.3, -0.25) is 4.79 Å². The van der Waals surface area contributed by atoms with Crippen molar-refractivity contribution in [2.45, 2.75) is 37.7 Å². The van der Waals surface area contributed by atoms with Crippen molar-refractivity contribution in [1.82, 2.24) is 4.90 Å². The van der Waals surface area contributed by atoms with Crippen LogP contribution in [0.3, 0.4) is 0 Å². The highest BCUT2D eigenvalue weighted by atomic mass is 79.9. The topological polar surface area (TPSA) is 46.6 Å². The number of carbonyl (C=O) groups is 2. The van der Waals surface area contributed by atoms with Crippen LogP contribution < -0.4 is 0 Å². The summed E-state index contributed by atoms with van der Waals surface area (Å²) in [5.74, 6) is -0.299. The minimum absolute atomic E-state index is 0.152. The third kappa shape index (κ3) is 5.93. The molecule has 0 saturated heterocycles. The summed E-state index contributed by atoms with van der Waals surface area (Å²) in [5, 5.41) is 0. The fraction of sp³-hybridized carbons (Fsp3) is 0.364. The molecule has 4 nitrogen and oxygen atoms in total. The van der Waals surface area contributed by atoms with E-state index in [-0.39, 0.29) is 17.8 Å². The second-order valence-electron chi connectivity index (χ2n) is 6.89. The van der Waals surface area contributed by atoms with Gasteiger partial charge in [-0.15, -0.1) is 0 Å². The minimum Gasteiger partial charge on any atom is -0.467 e. The van der Waals surface area contributed by atoms with Crippen molar-refractivity contribution in [3.05, 3.63) is 71.8 Å². The van der Waals surface area contributed by atoms with E-state index in [2.05, 4.69) is 15.9 Å². The summed E-state index contributed by atoms with van der Waals surface area (Å²) in [7, 11) is 1.36. The monoisotopic (exact) mass is 431 g/mol. The average Bonchev–Trinajstić information content (AvgIpc) is 2.70. The highest BCUT2D eigenvalue weighted by Crippen LogP contribution is 2.28. The molecule has 0 aliphatic heterocycles. The van der Waals surface area contributed by atoms with E-state index in [9.17, 15) is 9.59 Å². The Morgan fingerprint density at radius 2 is 1.56 bits per heavy atom. The van der Waals surface area contributed by atoms with Crippen LogP contribution in [0.5, 0.6) is 0 Å². The lowest BCUT2D eigenvalue weighted by atomic mass is 10.0. The molecule has 0 aliphatic carbocycles. The molecule has 0 aromatic heterocycles. The number of benzene rings is 2. The first-order valence-corrected chi connectivity index (χ1v) is 9.96. The van der Waals surface area contributed by atoms with E-state index in [4.69, 9.17) is 4.74 Å². The van der Waals surface area contributed by atoms with E-state index in [1.165, 1.54) is 7.11 Å². The van der Waals surface area contributed by atoms with Gasteiger partial charge in [0.1, 0.15) is 10.9 Å². The van der Waals surface area contributed by atoms with Crippen molar-refractivity contribution in [2.24, 2.45) is 5.92 Å². The van der Waals surface area contributed by atoms with E-state index < -0.39 is 10.9 Å². The van der Waals surface area contributed by atoms with Crippen LogP contribution in [-0.2, 0) is 20.9 Å². The van der Waals surface area contributed by atoms with Crippen molar-refractivity contribution < 1.29 is 14.3 Å². The van der Waals surface area contributed by atoms with Gasteiger partial charge in [0, 0.05) is 6.54 Å². The number of alkyl halides is 1. The van der Waals surface area contributed by atoms with Crippen LogP contribution in [0, 0.1) is 5.92 Å². The molecule has 0 radical (unpaired) electrons. The molecule has 2 atom stereocenters. The summed E-state index contributed by atoms with van der Waals surface area (Å²) in [5.41, 5.74) is 1.82. The average molecular weight is 432 g/mol. The molecule has 2 aromatic rings. The molecule has 2 rings (SSSR count). The lowest BCUT2D eigenvalue weighted by Gasteiger charge is -2.32. The number of halogens is 1. The maximum Gasteiger partial charge on any atom is 0.328 e. The summed E-state index contributed by atoms with van der Waals surface area (Å²) in [6.07, 6.45) is 0.541. The molecule has 27 heavy (non-hydrogen) atoms. The van der Waals surface area contributed by atoms with Crippen LogP contribution in [0.1, 0.15) is 36.2 Å². The predicted molar refractivity (Wildman–Crippen MR) is 110 cm³/mol. The predicted octanol–water partition coefficient (Wildman–Crippen LogP) is 4.74. The first kappa shape index (κ1) is 21.2. The first-order valence-electron chi connectivity index (χ1n) is 9.05. The zero-order valence-corrected chi connectivity index (χ0v) is 17.6. The van der Waals surface area contributed by atoms with Gasteiger partial charge in [-0.05, 0) is 23.5 Å². The maximum absolute atomic E-state index is 13.4. The molecule has 0 saturated carbocycles. The number of hydrogen-bond donors (Lipinski definition) is 0. The number of nitrogens with zero attached hydrogens (tertiary/aromatic N) is 1. The summed E-state index contributed by atoms with van der Waals surface area (Å²) in [4.78, 5) is 27.0. The van der Waals surface area contributed by atoms with Crippen LogP contribution in [-0.4, -0.2) is 29.9 Å². The van der Waals surface area contributed by atoms with Gasteiger partial charge >= 0.3 is 5.97 Å². The highest BCUT2D eigenvalue weighted by molar-refractivity contribution is 9.09. The minimum atomic E-state index is -0.633. The largest absolute Gasteiger partial charge is 0.467 e. The smallest absolute Gasteiger partial charge is 0.328 e. The summed E-state index contributed by atoms with van der Waals surface area (Å²) in [6, 6.07) is 18.5. The van der Waals surface area contributed by atoms with Gasteiger partial charge < -0.3 is 9.64 Å². The lowest BCUT2D eigenvalue weighted by molar-refractivity contribution is -0.154. The number of rotatable bonds is 8. The summed E-state index contributed by atoms with van der Waals surface area (Å²) in [6.45, 7) is 4.41. The van der Waals surface area contributed by atoms with Gasteiger partial charge in [0.15, 0.2) is 0 Å². The first-order chi connectivity index (χ1) is 12.9. The third-order valence-electron chi connectivity index (χ3n) is 4.33. The molecule has 0 heterocycles. The van der Waals surface area contributed by atoms with Crippen molar-refractivity contribution in [1.29, 1.82) is 0 Å². The fourth-order valence-electron chi connectivity index (χ4n) is 2.97. The van der Waals surface area contributed by atoms with E-state index in [0.29, 0.717) is 13.0 Å². The molecule has 1 amide bonds. The van der Waals surface area contributed by atoms with Crippen LogP contribution in [0.2, 0.25) is 0 Å². The van der Waals surface area contributed by atoms with Crippen LogP contribution in [0.4, 0.5) is 0 Å². The second-order valence-corrected chi connectivity index (χ2v) is 7.81. The normalized spacial score (nSPS) is 13.1. The van der Waals surface area contributed by atoms with Gasteiger partial charge in [-0.25, -0.2) is 4.79 Å². The van der Waals surface area contributed by atoms with Crippen molar-refractivity contribution in [2.75, 3.05) is 7.11 Å². The molecule has 144 valence electrons. The van der Waals surface area contributed by atoms with Gasteiger partial charge in [-0.2, -0.15) is 0 Å². The Kier molecular flexibility index (Phi) is 8.04. The summed E-state index contributed by atoms with van der Waals surface area (Å²) >= 11 is 3.53. The van der Waals surface area contributed by atoms with E-state index in [1.807, 2.05) is 74.5 Å². The van der Waals surface area contributed by atoms with Gasteiger partial charge in [0.25, 0.3) is 0 Å². The Morgan fingerprint density at radius 1 is 1.00 bits per heavy atom. The summed E-state index contributed by atoms with van der Waals surface area (Å²) < 4.78 is 5.02. The number of ether oxygens (including phenoxy) is 1. The lowest BCUT2D eigenvalue weighted by Crippen LogP contribution is -2.47. The Bertz CT molecular complexity index is 734. The Labute approximate surface area is 169 Å². The molecule has 0 fully saturated rings. The third-order valence-corrected chi connectivity index (χ3v) is 5.25. The van der Waals surface area contributed by atoms with E-state index in [1.54, 1.807) is 4.90 Å². The quantitative estimate of drug-likeness (QED) is 0.447. The van der Waals surface area contributed by atoms with Crippen molar-refractivity contribution >= 4 is 27.8 Å². The Hall–Kier alpha value is -2.14. The number of amides is 1. The Morgan fingerprint density at radius 3 is 2.07 bits per heavy atom. The molecule has 5 heteroatoms. The number of carbonyl (C=O) groups excluding carboxylic acids is 2. The van der Waals surface area contributed by atoms with Gasteiger partial charge in [0.05, 0.1) is 7.11 Å². The van der Waals surface area contributed by atoms with Crippen molar-refractivity contribution in [3.63, 3.8) is 0 Å². The van der Waals surface area contributed by atoms with Crippen LogP contribution >= 0.6 is 15.9 Å². The number of hydrogen-bond acceptors (Lipinski definition) is 3. The molecule has 2 aromatic carbocycles. The number of esters is 1. The van der Waals surface area contributed by atoms with Crippen LogP contribution in [0.25, 0.3) is 0 Å². The molecular formula is C22H26BrNO3. The van der Waals surface area contributed by atoms with E-state index in [0.717, 1.165) is 11.1 Å². The molecule has 1 unspecified atom stereocenters. The van der Waals surface area contributed by atoms with Crippen molar-refractivity contribution in [3.8, 4) is 0 Å². The molecule has 0 bridgehead atoms. The van der Waals surface area contributed by atoms with Gasteiger partial charge in [-0.1, -0.05) is 90.4 Å². The molecule has 0 N–H and O–H groups in total. The van der Waals surface area contributed by atoms with E-state index >= 15 is 0 Å². The molecule has 0 spiro atoms. The second kappa shape index (κ2) is 10.3. The molecule has 0 aliphatic rings. The highest BCUT2D eigenvalue weighted by Gasteiger charge is 2.34. The SMILES string of the molecule is COC(=O)[C@H](CC(C)C)N(Cc1ccccc1)C(=O)C(Br)c1ccccc1. The van der Waals surface area contributed by atoms with Gasteiger partial charge in [0.2, 0.25) is 5.91 Å². The fourth-order valence-corrected chi connectivity index (χ4v) is 3.53. The molecular weight excluding hydrogens is 406 g/mol. The zero-order valence-electron chi connectivity index (χ0n) is 16.0. The maximum atomic E-state index is 13.4. The number of methoxy groups -OCH3 is 1.